The van der Waals surface area contributed by atoms with Crippen LogP contribution in [0.25, 0.3) is 0 Å². The zero-order valence-corrected chi connectivity index (χ0v) is 14.1. The number of carbonyl (C=O) groups is 1. The third kappa shape index (κ3) is 5.11. The number of amides is 1. The van der Waals surface area contributed by atoms with Gasteiger partial charge in [0.25, 0.3) is 5.91 Å². The highest BCUT2D eigenvalue weighted by Gasteiger charge is 2.14. The van der Waals surface area contributed by atoms with Crippen LogP contribution in [-0.2, 0) is 4.79 Å². The van der Waals surface area contributed by atoms with Crippen LogP contribution in [0.4, 0.5) is 0 Å². The Morgan fingerprint density at radius 3 is 2.70 bits per heavy atom. The molecule has 0 aliphatic rings. The molecule has 2 rings (SSSR count). The van der Waals surface area contributed by atoms with Crippen LogP contribution >= 0.6 is 11.6 Å². The fourth-order valence-electron chi connectivity index (χ4n) is 1.89. The van der Waals surface area contributed by atoms with Gasteiger partial charge in [-0.3, -0.25) is 4.79 Å². The van der Waals surface area contributed by atoms with E-state index >= 15 is 0 Å². The average molecular weight is 331 g/mol. The van der Waals surface area contributed by atoms with Crippen molar-refractivity contribution >= 4 is 23.7 Å². The van der Waals surface area contributed by atoms with Gasteiger partial charge in [0.05, 0.1) is 6.21 Å². The smallest absolute Gasteiger partial charge is 0.280 e. The first-order valence-corrected chi connectivity index (χ1v) is 7.66. The highest BCUT2D eigenvalue weighted by atomic mass is 35.5. The van der Waals surface area contributed by atoms with E-state index in [-0.39, 0.29) is 5.91 Å². The van der Waals surface area contributed by atoms with Gasteiger partial charge in [0.15, 0.2) is 6.10 Å². The first kappa shape index (κ1) is 17.0. The summed E-state index contributed by atoms with van der Waals surface area (Å²) in [4.78, 5) is 12.0. The summed E-state index contributed by atoms with van der Waals surface area (Å²) in [6.45, 7) is 5.71. The molecule has 5 heteroatoms. The van der Waals surface area contributed by atoms with E-state index in [1.807, 2.05) is 44.2 Å². The third-order valence-corrected chi connectivity index (χ3v) is 3.63. The van der Waals surface area contributed by atoms with Gasteiger partial charge in [0.2, 0.25) is 0 Å². The molecular weight excluding hydrogens is 312 g/mol. The lowest BCUT2D eigenvalue weighted by Gasteiger charge is -2.14. The number of benzene rings is 2. The maximum Gasteiger partial charge on any atom is 0.280 e. The maximum atomic E-state index is 12.0. The molecule has 2 aromatic rings. The fourth-order valence-corrected chi connectivity index (χ4v) is 2.09. The van der Waals surface area contributed by atoms with E-state index in [2.05, 4.69) is 10.5 Å². The van der Waals surface area contributed by atoms with Crippen LogP contribution in [0.15, 0.2) is 47.6 Å². The molecule has 0 radical (unpaired) electrons. The number of halogens is 1. The summed E-state index contributed by atoms with van der Waals surface area (Å²) >= 11 is 5.88. The molecule has 0 heterocycles. The van der Waals surface area contributed by atoms with Crippen molar-refractivity contribution in [1.82, 2.24) is 5.43 Å². The van der Waals surface area contributed by atoms with Crippen molar-refractivity contribution in [2.45, 2.75) is 26.9 Å². The normalized spacial score (nSPS) is 12.2. The molecule has 0 fully saturated rings. The Morgan fingerprint density at radius 2 is 2.00 bits per heavy atom. The highest BCUT2D eigenvalue weighted by molar-refractivity contribution is 6.30. The number of carbonyl (C=O) groups excluding carboxylic acids is 1. The second kappa shape index (κ2) is 7.79. The molecule has 120 valence electrons. The molecule has 0 bridgehead atoms. The van der Waals surface area contributed by atoms with Crippen molar-refractivity contribution in [2.24, 2.45) is 5.10 Å². The molecule has 0 saturated carbocycles. The third-order valence-electron chi connectivity index (χ3n) is 3.40. The van der Waals surface area contributed by atoms with Crippen molar-refractivity contribution in [3.05, 3.63) is 64.2 Å². The molecule has 1 N–H and O–H groups in total. The number of hydrogen-bond donors (Lipinski definition) is 1. The van der Waals surface area contributed by atoms with Crippen LogP contribution in [0.5, 0.6) is 5.75 Å². The van der Waals surface area contributed by atoms with Crippen molar-refractivity contribution < 1.29 is 9.53 Å². The Kier molecular flexibility index (Phi) is 5.77. The van der Waals surface area contributed by atoms with Crippen molar-refractivity contribution in [3.63, 3.8) is 0 Å². The predicted molar refractivity (Wildman–Crippen MR) is 93.2 cm³/mol. The lowest BCUT2D eigenvalue weighted by Crippen LogP contribution is -2.33. The van der Waals surface area contributed by atoms with Crippen LogP contribution in [0, 0.1) is 13.8 Å². The summed E-state index contributed by atoms with van der Waals surface area (Å²) in [6, 6.07) is 12.9. The lowest BCUT2D eigenvalue weighted by molar-refractivity contribution is -0.127. The van der Waals surface area contributed by atoms with Gasteiger partial charge in [-0.25, -0.2) is 5.43 Å². The zero-order chi connectivity index (χ0) is 16.8. The molecule has 1 unspecified atom stereocenters. The van der Waals surface area contributed by atoms with E-state index < -0.39 is 6.10 Å². The van der Waals surface area contributed by atoms with Gasteiger partial charge in [0.1, 0.15) is 5.75 Å². The second-order valence-corrected chi connectivity index (χ2v) is 5.73. The van der Waals surface area contributed by atoms with Crippen LogP contribution < -0.4 is 10.2 Å². The predicted octanol–water partition coefficient (Wildman–Crippen LogP) is 3.87. The van der Waals surface area contributed by atoms with Gasteiger partial charge < -0.3 is 4.74 Å². The standard InChI is InChI=1S/C18H19ClN2O2/c1-12-7-8-17(9-13(12)2)23-14(3)18(22)21-20-11-15-5-4-6-16(19)10-15/h4-11,14H,1-3H3,(H,21,22)/b20-11+. The molecule has 0 aliphatic heterocycles. The maximum absolute atomic E-state index is 12.0. The number of ether oxygens (including phenoxy) is 1. The first-order chi connectivity index (χ1) is 11.0. The molecule has 1 atom stereocenters. The minimum absolute atomic E-state index is 0.318. The van der Waals surface area contributed by atoms with Crippen molar-refractivity contribution in [1.29, 1.82) is 0 Å². The Morgan fingerprint density at radius 1 is 1.22 bits per heavy atom. The van der Waals surface area contributed by atoms with Gasteiger partial charge in [-0.15, -0.1) is 0 Å². The highest BCUT2D eigenvalue weighted by Crippen LogP contribution is 2.17. The van der Waals surface area contributed by atoms with Crippen LogP contribution in [-0.4, -0.2) is 18.2 Å². The Hall–Kier alpha value is -2.33. The van der Waals surface area contributed by atoms with Gasteiger partial charge in [0, 0.05) is 5.02 Å². The van der Waals surface area contributed by atoms with Gasteiger partial charge >= 0.3 is 0 Å². The van der Waals surface area contributed by atoms with Crippen LogP contribution in [0.2, 0.25) is 5.02 Å². The van der Waals surface area contributed by atoms with E-state index in [0.717, 1.165) is 11.1 Å². The summed E-state index contributed by atoms with van der Waals surface area (Å²) in [5, 5.41) is 4.53. The Balaban J connectivity index is 1.90. The molecule has 2 aromatic carbocycles. The Bertz CT molecular complexity index is 729. The molecule has 0 aliphatic carbocycles. The van der Waals surface area contributed by atoms with Crippen LogP contribution in [0.3, 0.4) is 0 Å². The topological polar surface area (TPSA) is 50.7 Å². The van der Waals surface area contributed by atoms with Gasteiger partial charge in [-0.1, -0.05) is 29.8 Å². The minimum atomic E-state index is -0.645. The number of hydrazone groups is 1. The summed E-state index contributed by atoms with van der Waals surface area (Å²) in [5.41, 5.74) is 5.57. The molecule has 0 spiro atoms. The second-order valence-electron chi connectivity index (χ2n) is 5.30. The summed E-state index contributed by atoms with van der Waals surface area (Å²) < 4.78 is 5.63. The number of rotatable bonds is 5. The first-order valence-electron chi connectivity index (χ1n) is 7.28. The molecule has 1 amide bonds. The Labute approximate surface area is 141 Å². The molecule has 0 aromatic heterocycles. The molecular formula is C18H19ClN2O2. The number of aryl methyl sites for hydroxylation is 2. The average Bonchev–Trinajstić information content (AvgIpc) is 2.51. The van der Waals surface area contributed by atoms with Crippen LogP contribution in [0.1, 0.15) is 23.6 Å². The fraction of sp³-hybridized carbons (Fsp3) is 0.222. The monoisotopic (exact) mass is 330 g/mol. The van der Waals surface area contributed by atoms with Gasteiger partial charge in [-0.2, -0.15) is 5.10 Å². The summed E-state index contributed by atoms with van der Waals surface area (Å²) in [6.07, 6.45) is 0.889. The van der Waals surface area contributed by atoms with E-state index in [1.54, 1.807) is 19.1 Å². The number of hydrogen-bond acceptors (Lipinski definition) is 3. The summed E-state index contributed by atoms with van der Waals surface area (Å²) in [7, 11) is 0. The quantitative estimate of drug-likeness (QED) is 0.668. The molecule has 23 heavy (non-hydrogen) atoms. The van der Waals surface area contributed by atoms with E-state index in [1.165, 1.54) is 11.8 Å². The molecule has 4 nitrogen and oxygen atoms in total. The van der Waals surface area contributed by atoms with E-state index in [0.29, 0.717) is 10.8 Å². The largest absolute Gasteiger partial charge is 0.481 e. The SMILES string of the molecule is Cc1ccc(OC(C)C(=O)N/N=C/c2cccc(Cl)c2)cc1C. The zero-order valence-electron chi connectivity index (χ0n) is 13.3. The van der Waals surface area contributed by atoms with E-state index in [4.69, 9.17) is 16.3 Å². The number of nitrogens with one attached hydrogen (secondary N) is 1. The van der Waals surface area contributed by atoms with Crippen molar-refractivity contribution in [3.8, 4) is 5.75 Å². The van der Waals surface area contributed by atoms with Crippen molar-refractivity contribution in [2.75, 3.05) is 0 Å². The van der Waals surface area contributed by atoms with E-state index in [9.17, 15) is 4.79 Å². The number of nitrogens with zero attached hydrogens (tertiary/aromatic N) is 1. The van der Waals surface area contributed by atoms with Gasteiger partial charge in [-0.05, 0) is 61.7 Å². The summed E-state index contributed by atoms with van der Waals surface area (Å²) in [5.74, 6) is 0.344. The molecule has 0 saturated heterocycles. The minimum Gasteiger partial charge on any atom is -0.481 e. The lowest BCUT2D eigenvalue weighted by atomic mass is 10.1.